The van der Waals surface area contributed by atoms with Crippen LogP contribution in [-0.4, -0.2) is 24.8 Å². The van der Waals surface area contributed by atoms with Crippen LogP contribution in [0.1, 0.15) is 17.3 Å². The second-order valence-electron chi connectivity index (χ2n) is 4.99. The van der Waals surface area contributed by atoms with Gasteiger partial charge in [0.2, 0.25) is 0 Å². The lowest BCUT2D eigenvalue weighted by molar-refractivity contribution is 0.101. The molecule has 0 bridgehead atoms. The molecule has 0 amide bonds. The molecule has 2 aromatic rings. The van der Waals surface area contributed by atoms with Crippen LogP contribution in [0.4, 0.5) is 5.69 Å². The monoisotopic (exact) mass is 311 g/mol. The van der Waals surface area contributed by atoms with Crippen molar-refractivity contribution in [2.24, 2.45) is 4.99 Å². The molecule has 0 fully saturated rings. The Morgan fingerprint density at radius 2 is 1.73 bits per heavy atom. The zero-order valence-electron chi connectivity index (χ0n) is 12.3. The molecule has 5 heteroatoms. The van der Waals surface area contributed by atoms with Crippen LogP contribution in [0.2, 0.25) is 0 Å². The highest BCUT2D eigenvalue weighted by Crippen LogP contribution is 2.28. The number of carbonyl (C=O) groups is 1. The number of hydrogen-bond acceptors (Lipinski definition) is 5. The number of benzene rings is 2. The van der Waals surface area contributed by atoms with Crippen molar-refractivity contribution in [1.29, 1.82) is 0 Å². The minimum atomic E-state index is 0.0930. The van der Waals surface area contributed by atoms with Gasteiger partial charge in [0.15, 0.2) is 11.7 Å². The normalized spacial score (nSPS) is 13.4. The molecular formula is C17H17N3OS. The molecule has 1 heterocycles. The third-order valence-electron chi connectivity index (χ3n) is 3.29. The van der Waals surface area contributed by atoms with Gasteiger partial charge in [-0.15, -0.1) is 0 Å². The molecule has 0 radical (unpaired) electrons. The summed E-state index contributed by atoms with van der Waals surface area (Å²) in [6.45, 7) is 3.30. The van der Waals surface area contributed by atoms with Crippen LogP contribution < -0.4 is 10.6 Å². The minimum absolute atomic E-state index is 0.0930. The second kappa shape index (κ2) is 6.66. The number of aliphatic imine (C=N–C) groups is 1. The average molecular weight is 311 g/mol. The summed E-state index contributed by atoms with van der Waals surface area (Å²) in [7, 11) is 0. The topological polar surface area (TPSA) is 53.5 Å². The quantitative estimate of drug-likeness (QED) is 0.850. The first-order valence-electron chi connectivity index (χ1n) is 7.15. The number of hydrogen-bond donors (Lipinski definition) is 2. The standard InChI is InChI=1S/C17H17N3OS/c1-12(21)13-2-6-15(7-3-13)22-16-8-4-14(5-9-16)20-17-18-10-11-19-17/h2-9H,10-11H2,1H3,(H2,18,19,20). The summed E-state index contributed by atoms with van der Waals surface area (Å²) in [5.74, 6) is 0.927. The highest BCUT2D eigenvalue weighted by atomic mass is 32.2. The van der Waals surface area contributed by atoms with Crippen molar-refractivity contribution < 1.29 is 4.79 Å². The van der Waals surface area contributed by atoms with Gasteiger partial charge in [0.05, 0.1) is 6.54 Å². The maximum Gasteiger partial charge on any atom is 0.195 e. The molecule has 0 spiro atoms. The van der Waals surface area contributed by atoms with Crippen molar-refractivity contribution in [2.45, 2.75) is 16.7 Å². The SMILES string of the molecule is CC(=O)c1ccc(Sc2ccc(NC3=NCCN3)cc2)cc1. The fraction of sp³-hybridized carbons (Fsp3) is 0.176. The van der Waals surface area contributed by atoms with Crippen LogP contribution >= 0.6 is 11.8 Å². The Kier molecular flexibility index (Phi) is 4.44. The van der Waals surface area contributed by atoms with E-state index >= 15 is 0 Å². The molecule has 0 saturated carbocycles. The summed E-state index contributed by atoms with van der Waals surface area (Å²) in [5.41, 5.74) is 1.76. The van der Waals surface area contributed by atoms with Crippen LogP contribution in [0.3, 0.4) is 0 Å². The van der Waals surface area contributed by atoms with E-state index in [2.05, 4.69) is 27.8 Å². The van der Waals surface area contributed by atoms with Gasteiger partial charge in [0, 0.05) is 27.6 Å². The lowest BCUT2D eigenvalue weighted by Gasteiger charge is -2.07. The van der Waals surface area contributed by atoms with Crippen molar-refractivity contribution in [3.05, 3.63) is 54.1 Å². The Hall–Kier alpha value is -2.27. The van der Waals surface area contributed by atoms with E-state index < -0.39 is 0 Å². The smallest absolute Gasteiger partial charge is 0.195 e. The van der Waals surface area contributed by atoms with Gasteiger partial charge in [-0.1, -0.05) is 23.9 Å². The lowest BCUT2D eigenvalue weighted by atomic mass is 10.2. The molecule has 2 N–H and O–H groups in total. The molecule has 0 saturated heterocycles. The summed E-state index contributed by atoms with van der Waals surface area (Å²) < 4.78 is 0. The first-order valence-corrected chi connectivity index (χ1v) is 7.96. The van der Waals surface area contributed by atoms with Crippen molar-refractivity contribution >= 4 is 29.2 Å². The summed E-state index contributed by atoms with van der Waals surface area (Å²) in [4.78, 5) is 17.8. The van der Waals surface area contributed by atoms with Gasteiger partial charge >= 0.3 is 0 Å². The van der Waals surface area contributed by atoms with E-state index in [1.807, 2.05) is 36.4 Å². The van der Waals surface area contributed by atoms with E-state index in [0.29, 0.717) is 0 Å². The maximum atomic E-state index is 11.3. The van der Waals surface area contributed by atoms with Gasteiger partial charge in [0.1, 0.15) is 0 Å². The van der Waals surface area contributed by atoms with E-state index in [1.165, 1.54) is 0 Å². The molecular weight excluding hydrogens is 294 g/mol. The molecule has 1 aliphatic heterocycles. The molecule has 1 aliphatic rings. The predicted molar refractivity (Wildman–Crippen MR) is 90.9 cm³/mol. The van der Waals surface area contributed by atoms with Crippen molar-refractivity contribution in [2.75, 3.05) is 18.4 Å². The van der Waals surface area contributed by atoms with E-state index in [0.717, 1.165) is 40.1 Å². The number of nitrogens with one attached hydrogen (secondary N) is 2. The average Bonchev–Trinajstić information content (AvgIpc) is 3.03. The number of anilines is 1. The number of rotatable bonds is 4. The largest absolute Gasteiger partial charge is 0.354 e. The van der Waals surface area contributed by atoms with Crippen LogP contribution in [0.5, 0.6) is 0 Å². The van der Waals surface area contributed by atoms with Gasteiger partial charge in [-0.3, -0.25) is 9.79 Å². The molecule has 4 nitrogen and oxygen atoms in total. The molecule has 0 atom stereocenters. The number of ketones is 1. The Morgan fingerprint density at radius 1 is 1.09 bits per heavy atom. The van der Waals surface area contributed by atoms with Crippen LogP contribution in [0.25, 0.3) is 0 Å². The summed E-state index contributed by atoms with van der Waals surface area (Å²) in [5, 5.41) is 6.42. The summed E-state index contributed by atoms with van der Waals surface area (Å²) in [6, 6.07) is 15.9. The molecule has 22 heavy (non-hydrogen) atoms. The molecule has 3 rings (SSSR count). The van der Waals surface area contributed by atoms with E-state index in [4.69, 9.17) is 0 Å². The van der Waals surface area contributed by atoms with Gasteiger partial charge in [-0.2, -0.15) is 0 Å². The molecule has 2 aromatic carbocycles. The number of Topliss-reactive ketones (excluding diaryl/α,β-unsaturated/α-hetero) is 1. The second-order valence-corrected chi connectivity index (χ2v) is 6.14. The van der Waals surface area contributed by atoms with Gasteiger partial charge in [-0.25, -0.2) is 0 Å². The van der Waals surface area contributed by atoms with E-state index in [-0.39, 0.29) is 5.78 Å². The first kappa shape index (κ1) is 14.7. The zero-order valence-corrected chi connectivity index (χ0v) is 13.1. The first-order chi connectivity index (χ1) is 10.7. The molecule has 0 aliphatic carbocycles. The molecule has 0 aromatic heterocycles. The predicted octanol–water partition coefficient (Wildman–Crippen LogP) is 3.41. The van der Waals surface area contributed by atoms with E-state index in [1.54, 1.807) is 18.7 Å². The summed E-state index contributed by atoms with van der Waals surface area (Å²) in [6.07, 6.45) is 0. The Morgan fingerprint density at radius 3 is 2.27 bits per heavy atom. The Balaban J connectivity index is 1.64. The van der Waals surface area contributed by atoms with Crippen molar-refractivity contribution in [3.63, 3.8) is 0 Å². The van der Waals surface area contributed by atoms with Gasteiger partial charge in [0.25, 0.3) is 0 Å². The summed E-state index contributed by atoms with van der Waals surface area (Å²) >= 11 is 1.67. The highest BCUT2D eigenvalue weighted by molar-refractivity contribution is 7.99. The van der Waals surface area contributed by atoms with Crippen molar-refractivity contribution in [1.82, 2.24) is 5.32 Å². The van der Waals surface area contributed by atoms with Gasteiger partial charge in [-0.05, 0) is 43.3 Å². The Bertz CT molecular complexity index is 693. The van der Waals surface area contributed by atoms with Crippen LogP contribution in [-0.2, 0) is 0 Å². The lowest BCUT2D eigenvalue weighted by Crippen LogP contribution is -2.26. The molecule has 0 unspecified atom stereocenters. The number of guanidine groups is 1. The molecule has 112 valence electrons. The van der Waals surface area contributed by atoms with Crippen LogP contribution in [0, 0.1) is 0 Å². The third-order valence-corrected chi connectivity index (χ3v) is 4.30. The zero-order chi connectivity index (χ0) is 15.4. The van der Waals surface area contributed by atoms with Crippen LogP contribution in [0.15, 0.2) is 63.3 Å². The van der Waals surface area contributed by atoms with Gasteiger partial charge < -0.3 is 10.6 Å². The Labute approximate surface area is 134 Å². The van der Waals surface area contributed by atoms with Crippen molar-refractivity contribution in [3.8, 4) is 0 Å². The minimum Gasteiger partial charge on any atom is -0.354 e. The van der Waals surface area contributed by atoms with E-state index in [9.17, 15) is 4.79 Å². The number of carbonyl (C=O) groups excluding carboxylic acids is 1. The fourth-order valence-electron chi connectivity index (χ4n) is 2.12. The maximum absolute atomic E-state index is 11.3. The highest BCUT2D eigenvalue weighted by Gasteiger charge is 2.05. The number of nitrogens with zero attached hydrogens (tertiary/aromatic N) is 1. The fourth-order valence-corrected chi connectivity index (χ4v) is 2.93. The third kappa shape index (κ3) is 3.68.